The molecule has 1 amide bonds. The molecule has 0 radical (unpaired) electrons. The SMILES string of the molecule is Cc1nn(C)c(N2CCCCCC2C(=O)O)c1C(N)=O. The molecule has 1 aromatic heterocycles. The Morgan fingerprint density at radius 1 is 1.35 bits per heavy atom. The highest BCUT2D eigenvalue weighted by Gasteiger charge is 2.32. The van der Waals surface area contributed by atoms with Crippen LogP contribution in [-0.4, -0.2) is 39.4 Å². The van der Waals surface area contributed by atoms with E-state index in [9.17, 15) is 14.7 Å². The molecule has 7 nitrogen and oxygen atoms in total. The molecule has 110 valence electrons. The Labute approximate surface area is 117 Å². The van der Waals surface area contributed by atoms with Crippen LogP contribution in [0.5, 0.6) is 0 Å². The van der Waals surface area contributed by atoms with Crippen molar-refractivity contribution in [2.45, 2.75) is 38.6 Å². The fourth-order valence-corrected chi connectivity index (χ4v) is 2.88. The quantitative estimate of drug-likeness (QED) is 0.847. The molecule has 3 N–H and O–H groups in total. The number of hydrogen-bond acceptors (Lipinski definition) is 4. The van der Waals surface area contributed by atoms with Gasteiger partial charge in [-0.2, -0.15) is 5.10 Å². The van der Waals surface area contributed by atoms with E-state index in [1.165, 1.54) is 0 Å². The van der Waals surface area contributed by atoms with Crippen LogP contribution in [0, 0.1) is 6.92 Å². The molecule has 1 saturated heterocycles. The van der Waals surface area contributed by atoms with Crippen LogP contribution in [0.3, 0.4) is 0 Å². The molecule has 0 saturated carbocycles. The van der Waals surface area contributed by atoms with Crippen LogP contribution in [0.15, 0.2) is 0 Å². The third kappa shape index (κ3) is 2.48. The molecular formula is C13H20N4O3. The lowest BCUT2D eigenvalue weighted by Crippen LogP contribution is -2.42. The number of aryl methyl sites for hydroxylation is 2. The van der Waals surface area contributed by atoms with Crippen LogP contribution in [0.1, 0.15) is 41.7 Å². The Kier molecular flexibility index (Phi) is 3.96. The van der Waals surface area contributed by atoms with Gasteiger partial charge in [-0.3, -0.25) is 9.48 Å². The van der Waals surface area contributed by atoms with E-state index in [4.69, 9.17) is 5.73 Å². The summed E-state index contributed by atoms with van der Waals surface area (Å²) < 4.78 is 1.55. The first-order valence-electron chi connectivity index (χ1n) is 6.76. The fourth-order valence-electron chi connectivity index (χ4n) is 2.88. The highest BCUT2D eigenvalue weighted by Crippen LogP contribution is 2.28. The second kappa shape index (κ2) is 5.52. The van der Waals surface area contributed by atoms with Crippen molar-refractivity contribution in [3.63, 3.8) is 0 Å². The molecule has 2 rings (SSSR count). The summed E-state index contributed by atoms with van der Waals surface area (Å²) in [6.45, 7) is 2.30. The van der Waals surface area contributed by atoms with Crippen LogP contribution in [0.25, 0.3) is 0 Å². The Morgan fingerprint density at radius 2 is 2.05 bits per heavy atom. The van der Waals surface area contributed by atoms with Crippen molar-refractivity contribution < 1.29 is 14.7 Å². The summed E-state index contributed by atoms with van der Waals surface area (Å²) in [7, 11) is 1.71. The van der Waals surface area contributed by atoms with Crippen molar-refractivity contribution in [2.75, 3.05) is 11.4 Å². The largest absolute Gasteiger partial charge is 0.480 e. The van der Waals surface area contributed by atoms with E-state index in [-0.39, 0.29) is 0 Å². The van der Waals surface area contributed by atoms with E-state index in [2.05, 4.69) is 5.10 Å². The minimum absolute atomic E-state index is 0.320. The third-order valence-corrected chi connectivity index (χ3v) is 3.75. The number of carbonyl (C=O) groups is 2. The van der Waals surface area contributed by atoms with Gasteiger partial charge in [0, 0.05) is 13.6 Å². The van der Waals surface area contributed by atoms with Gasteiger partial charge < -0.3 is 15.7 Å². The van der Waals surface area contributed by atoms with Crippen LogP contribution in [0.4, 0.5) is 5.82 Å². The number of nitrogens with zero attached hydrogens (tertiary/aromatic N) is 3. The second-order valence-electron chi connectivity index (χ2n) is 5.17. The summed E-state index contributed by atoms with van der Waals surface area (Å²) in [6.07, 6.45) is 3.32. The number of primary amides is 1. The number of nitrogens with two attached hydrogens (primary N) is 1. The molecule has 1 fully saturated rings. The summed E-state index contributed by atoms with van der Waals surface area (Å²) in [5.41, 5.74) is 6.28. The van der Waals surface area contributed by atoms with Gasteiger partial charge >= 0.3 is 5.97 Å². The van der Waals surface area contributed by atoms with Crippen molar-refractivity contribution in [3.8, 4) is 0 Å². The van der Waals surface area contributed by atoms with Crippen molar-refractivity contribution in [1.29, 1.82) is 0 Å². The van der Waals surface area contributed by atoms with E-state index in [1.54, 1.807) is 23.6 Å². The highest BCUT2D eigenvalue weighted by atomic mass is 16.4. The first-order valence-corrected chi connectivity index (χ1v) is 6.76. The predicted octanol–water partition coefficient (Wildman–Crippen LogP) is 0.661. The third-order valence-electron chi connectivity index (χ3n) is 3.75. The van der Waals surface area contributed by atoms with E-state index in [1.807, 2.05) is 0 Å². The number of rotatable bonds is 3. The van der Waals surface area contributed by atoms with Gasteiger partial charge in [0.25, 0.3) is 5.91 Å². The Balaban J connectivity index is 2.51. The maximum atomic E-state index is 11.7. The summed E-state index contributed by atoms with van der Waals surface area (Å²) in [4.78, 5) is 24.9. The number of aliphatic carboxylic acids is 1. The van der Waals surface area contributed by atoms with Gasteiger partial charge in [-0.1, -0.05) is 12.8 Å². The molecule has 1 aromatic rings. The van der Waals surface area contributed by atoms with Crippen molar-refractivity contribution in [3.05, 3.63) is 11.3 Å². The molecule has 0 bridgehead atoms. The maximum absolute atomic E-state index is 11.7. The molecule has 7 heteroatoms. The normalized spacial score (nSPS) is 19.7. The topological polar surface area (TPSA) is 101 Å². The molecule has 2 heterocycles. The van der Waals surface area contributed by atoms with Crippen molar-refractivity contribution in [2.24, 2.45) is 12.8 Å². The van der Waals surface area contributed by atoms with Gasteiger partial charge in [0.15, 0.2) is 0 Å². The lowest BCUT2D eigenvalue weighted by atomic mass is 10.1. The number of carboxylic acid groups (broad SMARTS) is 1. The fraction of sp³-hybridized carbons (Fsp3) is 0.615. The minimum atomic E-state index is -0.874. The Morgan fingerprint density at radius 3 is 2.65 bits per heavy atom. The summed E-state index contributed by atoms with van der Waals surface area (Å²) in [6, 6.07) is -0.634. The lowest BCUT2D eigenvalue weighted by Gasteiger charge is -2.29. The highest BCUT2D eigenvalue weighted by molar-refractivity contribution is 5.99. The lowest BCUT2D eigenvalue weighted by molar-refractivity contribution is -0.138. The predicted molar refractivity (Wildman–Crippen MR) is 73.7 cm³/mol. The Hall–Kier alpha value is -2.05. The summed E-state index contributed by atoms with van der Waals surface area (Å²) >= 11 is 0. The van der Waals surface area contributed by atoms with E-state index < -0.39 is 17.9 Å². The molecule has 1 aliphatic rings. The zero-order valence-corrected chi connectivity index (χ0v) is 11.8. The average molecular weight is 280 g/mol. The van der Waals surface area contributed by atoms with Gasteiger partial charge in [0.2, 0.25) is 0 Å². The van der Waals surface area contributed by atoms with Gasteiger partial charge in [0.05, 0.1) is 5.69 Å². The molecule has 1 unspecified atom stereocenters. The molecule has 0 aromatic carbocycles. The van der Waals surface area contributed by atoms with Crippen LogP contribution >= 0.6 is 0 Å². The molecule has 1 aliphatic heterocycles. The molecule has 0 spiro atoms. The van der Waals surface area contributed by atoms with Gasteiger partial charge in [-0.15, -0.1) is 0 Å². The zero-order chi connectivity index (χ0) is 14.9. The van der Waals surface area contributed by atoms with Gasteiger partial charge in [-0.05, 0) is 19.8 Å². The number of anilines is 1. The summed E-state index contributed by atoms with van der Waals surface area (Å²) in [5, 5.41) is 13.6. The number of carbonyl (C=O) groups excluding carboxylic acids is 1. The number of amides is 1. The number of aromatic nitrogens is 2. The first-order chi connectivity index (χ1) is 9.43. The smallest absolute Gasteiger partial charge is 0.326 e. The standard InChI is InChI=1S/C13H20N4O3/c1-8-10(11(14)18)12(16(2)15-8)17-7-5-3-4-6-9(17)13(19)20/h9H,3-7H2,1-2H3,(H2,14,18)(H,19,20). The van der Waals surface area contributed by atoms with Crippen LogP contribution < -0.4 is 10.6 Å². The zero-order valence-electron chi connectivity index (χ0n) is 11.8. The Bertz CT molecular complexity index is 538. The number of carboxylic acids is 1. The molecular weight excluding hydrogens is 260 g/mol. The van der Waals surface area contributed by atoms with Crippen LogP contribution in [-0.2, 0) is 11.8 Å². The van der Waals surface area contributed by atoms with Gasteiger partial charge in [0.1, 0.15) is 17.4 Å². The van der Waals surface area contributed by atoms with E-state index in [0.29, 0.717) is 30.0 Å². The van der Waals surface area contributed by atoms with Crippen LogP contribution in [0.2, 0.25) is 0 Å². The molecule has 0 aliphatic carbocycles. The summed E-state index contributed by atoms with van der Waals surface area (Å²) in [5.74, 6) is -0.926. The second-order valence-corrected chi connectivity index (χ2v) is 5.17. The minimum Gasteiger partial charge on any atom is -0.480 e. The van der Waals surface area contributed by atoms with Gasteiger partial charge in [-0.25, -0.2) is 4.79 Å². The van der Waals surface area contributed by atoms with E-state index in [0.717, 1.165) is 19.3 Å². The number of hydrogen-bond donors (Lipinski definition) is 2. The molecule has 1 atom stereocenters. The van der Waals surface area contributed by atoms with Crippen molar-refractivity contribution >= 4 is 17.7 Å². The monoisotopic (exact) mass is 280 g/mol. The van der Waals surface area contributed by atoms with Crippen molar-refractivity contribution in [1.82, 2.24) is 9.78 Å². The van der Waals surface area contributed by atoms with E-state index >= 15 is 0 Å². The maximum Gasteiger partial charge on any atom is 0.326 e. The molecule has 20 heavy (non-hydrogen) atoms. The average Bonchev–Trinajstić information content (AvgIpc) is 2.54. The first kappa shape index (κ1) is 14.4.